The van der Waals surface area contributed by atoms with Crippen LogP contribution in [-0.4, -0.2) is 15.0 Å². The number of imidazole rings is 1. The molecule has 7 rings (SSSR count). The molecule has 0 unspecified atom stereocenters. The average Bonchev–Trinajstić information content (AvgIpc) is 3.60. The van der Waals surface area contributed by atoms with Crippen molar-refractivity contribution in [1.82, 2.24) is 15.0 Å². The Kier molecular flexibility index (Phi) is 3.70. The van der Waals surface area contributed by atoms with Crippen molar-refractivity contribution in [2.45, 2.75) is 5.66 Å². The lowest BCUT2D eigenvalue weighted by Gasteiger charge is -2.21. The van der Waals surface area contributed by atoms with Crippen molar-refractivity contribution < 1.29 is 0 Å². The summed E-state index contributed by atoms with van der Waals surface area (Å²) < 4.78 is 0. The maximum absolute atomic E-state index is 5.12. The lowest BCUT2D eigenvalue weighted by Crippen LogP contribution is -2.24. The van der Waals surface area contributed by atoms with Crippen molar-refractivity contribution >= 4 is 21.9 Å². The molecule has 0 amide bonds. The molecule has 1 aliphatic heterocycles. The number of hydrogen-bond acceptors (Lipinski definition) is 3. The first-order chi connectivity index (χ1) is 16.3. The van der Waals surface area contributed by atoms with Crippen LogP contribution in [0.3, 0.4) is 0 Å². The van der Waals surface area contributed by atoms with E-state index < -0.39 is 5.66 Å². The van der Waals surface area contributed by atoms with Gasteiger partial charge in [-0.2, -0.15) is 0 Å². The van der Waals surface area contributed by atoms with E-state index in [2.05, 4.69) is 76.7 Å². The molecular weight excluding hydrogens is 406 g/mol. The molecule has 0 atom stereocenters. The number of fused-ring (bicyclic) bond motifs is 3. The maximum atomic E-state index is 5.12. The summed E-state index contributed by atoms with van der Waals surface area (Å²) in [5.41, 5.74) is 5.23. The van der Waals surface area contributed by atoms with Crippen LogP contribution in [0, 0.1) is 0 Å². The summed E-state index contributed by atoms with van der Waals surface area (Å²) in [6.07, 6.45) is 1.95. The second-order valence-corrected chi connectivity index (χ2v) is 8.35. The number of nitrogens with zero attached hydrogens (tertiary/aromatic N) is 3. The van der Waals surface area contributed by atoms with E-state index in [1.807, 2.05) is 36.5 Å². The van der Waals surface area contributed by atoms with Crippen molar-refractivity contribution in [1.29, 1.82) is 0 Å². The molecule has 4 aromatic carbocycles. The summed E-state index contributed by atoms with van der Waals surface area (Å²) in [6.45, 7) is 0. The fraction of sp³-hybridized carbons (Fsp3) is 0.0357. The zero-order valence-electron chi connectivity index (χ0n) is 17.7. The number of aromatic nitrogens is 3. The smallest absolute Gasteiger partial charge is 0.234 e. The molecule has 0 saturated carbocycles. The molecule has 156 valence electrons. The van der Waals surface area contributed by atoms with Gasteiger partial charge in [0.05, 0.1) is 21.7 Å². The number of nitrogens with one attached hydrogen (secondary N) is 2. The Hall–Kier alpha value is -4.51. The highest BCUT2D eigenvalue weighted by Gasteiger charge is 2.39. The molecule has 2 N–H and O–H groups in total. The van der Waals surface area contributed by atoms with Crippen LogP contribution in [0.1, 0.15) is 11.4 Å². The van der Waals surface area contributed by atoms with Crippen LogP contribution < -0.4 is 10.7 Å². The fourth-order valence-corrected chi connectivity index (χ4v) is 4.65. The molecule has 3 heterocycles. The van der Waals surface area contributed by atoms with Gasteiger partial charge in [0.15, 0.2) is 5.82 Å². The molecule has 33 heavy (non-hydrogen) atoms. The summed E-state index contributed by atoms with van der Waals surface area (Å²) in [6, 6.07) is 33.1. The Labute approximate surface area is 189 Å². The van der Waals surface area contributed by atoms with Crippen molar-refractivity contribution in [3.63, 3.8) is 0 Å². The van der Waals surface area contributed by atoms with Crippen molar-refractivity contribution in [2.75, 3.05) is 0 Å². The molecule has 0 bridgehead atoms. The SMILES string of the molecule is c1ccc(-c2ccc3nc(C4(c5ccc6cc[nH]c6c5)N=c5ccccc5=N4)[nH]c3c2)cc1. The van der Waals surface area contributed by atoms with Gasteiger partial charge in [0.1, 0.15) is 0 Å². The van der Waals surface area contributed by atoms with Gasteiger partial charge in [-0.05, 0) is 52.9 Å². The Morgan fingerprint density at radius 1 is 0.636 bits per heavy atom. The Balaban J connectivity index is 1.46. The Morgan fingerprint density at radius 2 is 1.42 bits per heavy atom. The summed E-state index contributed by atoms with van der Waals surface area (Å²) in [4.78, 5) is 22.1. The third kappa shape index (κ3) is 2.76. The zero-order valence-corrected chi connectivity index (χ0v) is 17.7. The van der Waals surface area contributed by atoms with Gasteiger partial charge in [0.25, 0.3) is 0 Å². The molecule has 1 aliphatic rings. The number of aromatic amines is 2. The van der Waals surface area contributed by atoms with Gasteiger partial charge in [0.2, 0.25) is 5.66 Å². The molecule has 0 radical (unpaired) electrons. The number of H-pyrrole nitrogens is 2. The average molecular weight is 425 g/mol. The summed E-state index contributed by atoms with van der Waals surface area (Å²) in [5.74, 6) is 0.713. The zero-order chi connectivity index (χ0) is 21.8. The third-order valence-electron chi connectivity index (χ3n) is 6.32. The van der Waals surface area contributed by atoms with E-state index in [0.29, 0.717) is 5.82 Å². The highest BCUT2D eigenvalue weighted by molar-refractivity contribution is 5.83. The number of rotatable bonds is 3. The van der Waals surface area contributed by atoms with Gasteiger partial charge < -0.3 is 9.97 Å². The second kappa shape index (κ2) is 6.74. The Bertz CT molecular complexity index is 1740. The highest BCUT2D eigenvalue weighted by atomic mass is 15.2. The van der Waals surface area contributed by atoms with Gasteiger partial charge in [-0.15, -0.1) is 0 Å². The molecule has 0 saturated heterocycles. The van der Waals surface area contributed by atoms with Crippen LogP contribution >= 0.6 is 0 Å². The van der Waals surface area contributed by atoms with E-state index in [9.17, 15) is 0 Å². The fourth-order valence-electron chi connectivity index (χ4n) is 4.65. The Morgan fingerprint density at radius 3 is 2.24 bits per heavy atom. The van der Waals surface area contributed by atoms with Gasteiger partial charge >= 0.3 is 0 Å². The van der Waals surface area contributed by atoms with Crippen LogP contribution in [0.15, 0.2) is 113 Å². The van der Waals surface area contributed by atoms with Crippen LogP contribution in [0.25, 0.3) is 33.1 Å². The van der Waals surface area contributed by atoms with E-state index in [1.54, 1.807) is 0 Å². The third-order valence-corrected chi connectivity index (χ3v) is 6.32. The largest absolute Gasteiger partial charge is 0.361 e. The predicted octanol–water partition coefficient (Wildman–Crippen LogP) is 4.87. The molecule has 0 fully saturated rings. The van der Waals surface area contributed by atoms with E-state index in [4.69, 9.17) is 15.0 Å². The van der Waals surface area contributed by atoms with E-state index in [-0.39, 0.29) is 0 Å². The first kappa shape index (κ1) is 18.1. The molecule has 5 heteroatoms. The first-order valence-electron chi connectivity index (χ1n) is 11.0. The van der Waals surface area contributed by atoms with Gasteiger partial charge in [0, 0.05) is 17.3 Å². The molecule has 0 aliphatic carbocycles. The van der Waals surface area contributed by atoms with Crippen LogP contribution in [0.5, 0.6) is 0 Å². The summed E-state index contributed by atoms with van der Waals surface area (Å²) in [5, 5.41) is 2.89. The topological polar surface area (TPSA) is 69.2 Å². The highest BCUT2D eigenvalue weighted by Crippen LogP contribution is 2.37. The minimum Gasteiger partial charge on any atom is -0.361 e. The number of benzene rings is 4. The molecule has 0 spiro atoms. The van der Waals surface area contributed by atoms with E-state index in [1.165, 1.54) is 5.56 Å². The standard InChI is InChI=1S/C28H19N5/c1-2-6-18(7-3-1)20-11-13-22-26(16-20)31-27(30-22)28(32-23-8-4-5-9-24(23)33-28)21-12-10-19-14-15-29-25(19)17-21/h1-17,29H,(H,30,31). The van der Waals surface area contributed by atoms with Gasteiger partial charge in [-0.25, -0.2) is 15.0 Å². The number of para-hydroxylation sites is 2. The van der Waals surface area contributed by atoms with Crippen molar-refractivity contribution in [2.24, 2.45) is 9.98 Å². The van der Waals surface area contributed by atoms with Gasteiger partial charge in [-0.1, -0.05) is 60.7 Å². The van der Waals surface area contributed by atoms with E-state index in [0.717, 1.165) is 43.8 Å². The molecule has 2 aromatic heterocycles. The summed E-state index contributed by atoms with van der Waals surface area (Å²) >= 11 is 0. The first-order valence-corrected chi connectivity index (χ1v) is 11.0. The minimum absolute atomic E-state index is 0.713. The van der Waals surface area contributed by atoms with E-state index >= 15 is 0 Å². The van der Waals surface area contributed by atoms with Crippen LogP contribution in [0.4, 0.5) is 0 Å². The monoisotopic (exact) mass is 425 g/mol. The lowest BCUT2D eigenvalue weighted by atomic mass is 9.99. The molecule has 5 nitrogen and oxygen atoms in total. The van der Waals surface area contributed by atoms with Crippen LogP contribution in [-0.2, 0) is 5.66 Å². The predicted molar refractivity (Wildman–Crippen MR) is 129 cm³/mol. The van der Waals surface area contributed by atoms with Crippen molar-refractivity contribution in [3.05, 3.63) is 125 Å². The minimum atomic E-state index is -0.963. The molecular formula is C28H19N5. The maximum Gasteiger partial charge on any atom is 0.234 e. The summed E-state index contributed by atoms with van der Waals surface area (Å²) in [7, 11) is 0. The van der Waals surface area contributed by atoms with Crippen LogP contribution in [0.2, 0.25) is 0 Å². The lowest BCUT2D eigenvalue weighted by molar-refractivity contribution is 0.538. The molecule has 6 aromatic rings. The normalized spacial score (nSPS) is 14.2. The second-order valence-electron chi connectivity index (χ2n) is 8.35. The quantitative estimate of drug-likeness (QED) is 0.417. The van der Waals surface area contributed by atoms with Crippen molar-refractivity contribution in [3.8, 4) is 11.1 Å². The number of hydrogen-bond donors (Lipinski definition) is 2. The van der Waals surface area contributed by atoms with Gasteiger partial charge in [-0.3, -0.25) is 0 Å².